The molecule has 2 fully saturated rings. The van der Waals surface area contributed by atoms with Crippen LogP contribution >= 0.6 is 0 Å². The lowest BCUT2D eigenvalue weighted by molar-refractivity contribution is -0.140. The molecule has 1 aliphatic carbocycles. The van der Waals surface area contributed by atoms with Crippen LogP contribution in [0.3, 0.4) is 0 Å². The molecule has 1 aromatic carbocycles. The highest BCUT2D eigenvalue weighted by Crippen LogP contribution is 2.35. The summed E-state index contributed by atoms with van der Waals surface area (Å²) in [5.41, 5.74) is 2.01. The first kappa shape index (κ1) is 17.1. The SMILES string of the molecule is Cc1cc(OC2CN(C(=O)Cn3ccc4ccccc43)C2)cc(=O)n1C1CC1. The lowest BCUT2D eigenvalue weighted by Crippen LogP contribution is -2.56. The molecule has 0 N–H and O–H groups in total. The minimum atomic E-state index is -0.0547. The number of ether oxygens (including phenoxy) is 1. The summed E-state index contributed by atoms with van der Waals surface area (Å²) >= 11 is 0. The van der Waals surface area contributed by atoms with E-state index in [1.165, 1.54) is 0 Å². The molecule has 3 heterocycles. The monoisotopic (exact) mass is 377 g/mol. The minimum Gasteiger partial charge on any atom is -0.486 e. The van der Waals surface area contributed by atoms with Crippen LogP contribution in [0.2, 0.25) is 0 Å². The second kappa shape index (κ2) is 6.55. The van der Waals surface area contributed by atoms with Crippen LogP contribution in [0.15, 0.2) is 53.5 Å². The van der Waals surface area contributed by atoms with Crippen molar-refractivity contribution in [2.45, 2.75) is 38.5 Å². The van der Waals surface area contributed by atoms with E-state index >= 15 is 0 Å². The molecule has 1 saturated heterocycles. The third kappa shape index (κ3) is 3.09. The average molecular weight is 377 g/mol. The second-order valence-corrected chi connectivity index (χ2v) is 7.81. The highest BCUT2D eigenvalue weighted by atomic mass is 16.5. The summed E-state index contributed by atoms with van der Waals surface area (Å²) in [5.74, 6) is 0.689. The fourth-order valence-corrected chi connectivity index (χ4v) is 3.98. The van der Waals surface area contributed by atoms with Gasteiger partial charge < -0.3 is 18.8 Å². The highest BCUT2D eigenvalue weighted by molar-refractivity contribution is 5.83. The Balaban J connectivity index is 1.19. The van der Waals surface area contributed by atoms with Gasteiger partial charge in [0.25, 0.3) is 5.56 Å². The zero-order valence-electron chi connectivity index (χ0n) is 15.9. The number of hydrogen-bond donors (Lipinski definition) is 0. The molecule has 144 valence electrons. The maximum absolute atomic E-state index is 12.6. The molecule has 0 atom stereocenters. The van der Waals surface area contributed by atoms with Crippen molar-refractivity contribution in [1.82, 2.24) is 14.0 Å². The zero-order valence-corrected chi connectivity index (χ0v) is 15.9. The third-order valence-corrected chi connectivity index (χ3v) is 5.64. The van der Waals surface area contributed by atoms with Crippen LogP contribution in [0, 0.1) is 6.92 Å². The van der Waals surface area contributed by atoms with Crippen molar-refractivity contribution < 1.29 is 9.53 Å². The number of rotatable bonds is 5. The highest BCUT2D eigenvalue weighted by Gasteiger charge is 2.33. The van der Waals surface area contributed by atoms with Crippen LogP contribution in [0.5, 0.6) is 5.75 Å². The van der Waals surface area contributed by atoms with E-state index in [-0.39, 0.29) is 17.6 Å². The summed E-state index contributed by atoms with van der Waals surface area (Å²) in [4.78, 5) is 26.7. The van der Waals surface area contributed by atoms with Gasteiger partial charge in [-0.2, -0.15) is 0 Å². The number of carbonyl (C=O) groups is 1. The van der Waals surface area contributed by atoms with E-state index in [0.29, 0.717) is 31.4 Å². The molecular formula is C22H23N3O3. The van der Waals surface area contributed by atoms with Gasteiger partial charge in [0.05, 0.1) is 13.1 Å². The second-order valence-electron chi connectivity index (χ2n) is 7.81. The normalized spacial score (nSPS) is 17.0. The molecule has 6 heteroatoms. The number of hydrogen-bond acceptors (Lipinski definition) is 3. The topological polar surface area (TPSA) is 56.5 Å². The minimum absolute atomic E-state index is 0.00393. The molecule has 0 spiro atoms. The Morgan fingerprint density at radius 3 is 2.68 bits per heavy atom. The quantitative estimate of drug-likeness (QED) is 0.687. The number of para-hydroxylation sites is 1. The van der Waals surface area contributed by atoms with E-state index in [2.05, 4.69) is 0 Å². The molecule has 1 aliphatic heterocycles. The van der Waals surface area contributed by atoms with Gasteiger partial charge in [-0.3, -0.25) is 9.59 Å². The zero-order chi connectivity index (χ0) is 19.3. The molecule has 28 heavy (non-hydrogen) atoms. The average Bonchev–Trinajstić information content (AvgIpc) is 3.38. The van der Waals surface area contributed by atoms with E-state index in [0.717, 1.165) is 29.4 Å². The van der Waals surface area contributed by atoms with Gasteiger partial charge in [-0.05, 0) is 43.4 Å². The summed E-state index contributed by atoms with van der Waals surface area (Å²) in [6.07, 6.45) is 4.06. The Hall–Kier alpha value is -3.02. The van der Waals surface area contributed by atoms with Crippen LogP contribution in [0.1, 0.15) is 24.6 Å². The van der Waals surface area contributed by atoms with E-state index < -0.39 is 0 Å². The van der Waals surface area contributed by atoms with Crippen molar-refractivity contribution in [3.8, 4) is 5.75 Å². The standard InChI is InChI=1S/C22H23N3O3/c1-15-10-18(11-21(26)25(15)17-6-7-17)28-19-12-24(13-19)22(27)14-23-9-8-16-4-2-3-5-20(16)23/h2-5,8-11,17,19H,6-7,12-14H2,1H3. The largest absolute Gasteiger partial charge is 0.486 e. The lowest BCUT2D eigenvalue weighted by atomic mass is 10.1. The Morgan fingerprint density at radius 2 is 1.93 bits per heavy atom. The Labute approximate surface area is 162 Å². The summed E-state index contributed by atoms with van der Waals surface area (Å²) in [7, 11) is 0. The van der Waals surface area contributed by atoms with Gasteiger partial charge >= 0.3 is 0 Å². The number of nitrogens with zero attached hydrogens (tertiary/aromatic N) is 3. The number of likely N-dealkylation sites (tertiary alicyclic amines) is 1. The fraction of sp³-hybridized carbons (Fsp3) is 0.364. The van der Waals surface area contributed by atoms with Crippen LogP contribution in [-0.4, -0.2) is 39.1 Å². The van der Waals surface area contributed by atoms with Crippen molar-refractivity contribution in [2.24, 2.45) is 0 Å². The summed E-state index contributed by atoms with van der Waals surface area (Å²) in [6.45, 7) is 3.40. The van der Waals surface area contributed by atoms with Gasteiger partial charge in [-0.15, -0.1) is 0 Å². The van der Waals surface area contributed by atoms with E-state index in [9.17, 15) is 9.59 Å². The molecule has 1 saturated carbocycles. The predicted octanol–water partition coefficient (Wildman–Crippen LogP) is 2.74. The van der Waals surface area contributed by atoms with Crippen molar-refractivity contribution in [3.63, 3.8) is 0 Å². The first-order chi connectivity index (χ1) is 13.6. The first-order valence-corrected chi connectivity index (χ1v) is 9.80. The number of fused-ring (bicyclic) bond motifs is 1. The molecule has 5 rings (SSSR count). The maximum atomic E-state index is 12.6. The maximum Gasteiger partial charge on any atom is 0.254 e. The van der Waals surface area contributed by atoms with Crippen molar-refractivity contribution in [2.75, 3.05) is 13.1 Å². The van der Waals surface area contributed by atoms with Crippen LogP contribution < -0.4 is 10.3 Å². The molecule has 2 aromatic heterocycles. The Kier molecular flexibility index (Phi) is 4.00. The molecule has 6 nitrogen and oxygen atoms in total. The van der Waals surface area contributed by atoms with Gasteiger partial charge in [0, 0.05) is 29.5 Å². The van der Waals surface area contributed by atoms with Gasteiger partial charge in [0.2, 0.25) is 5.91 Å². The number of aryl methyl sites for hydroxylation is 1. The molecule has 2 aliphatic rings. The van der Waals surface area contributed by atoms with Crippen LogP contribution in [-0.2, 0) is 11.3 Å². The summed E-state index contributed by atoms with van der Waals surface area (Å²) in [6, 6.07) is 13.9. The van der Waals surface area contributed by atoms with Crippen molar-refractivity contribution in [3.05, 3.63) is 64.7 Å². The number of benzene rings is 1. The fourth-order valence-electron chi connectivity index (χ4n) is 3.98. The smallest absolute Gasteiger partial charge is 0.254 e. The molecular weight excluding hydrogens is 354 g/mol. The first-order valence-electron chi connectivity index (χ1n) is 9.80. The molecule has 3 aromatic rings. The number of carbonyl (C=O) groups excluding carboxylic acids is 1. The number of aromatic nitrogens is 2. The Bertz CT molecular complexity index is 1100. The number of pyridine rings is 1. The predicted molar refractivity (Wildman–Crippen MR) is 107 cm³/mol. The third-order valence-electron chi connectivity index (χ3n) is 5.64. The van der Waals surface area contributed by atoms with E-state index in [4.69, 9.17) is 4.74 Å². The molecule has 0 radical (unpaired) electrons. The lowest BCUT2D eigenvalue weighted by Gasteiger charge is -2.39. The summed E-state index contributed by atoms with van der Waals surface area (Å²) in [5, 5.41) is 1.14. The van der Waals surface area contributed by atoms with Crippen molar-refractivity contribution >= 4 is 16.8 Å². The summed E-state index contributed by atoms with van der Waals surface area (Å²) < 4.78 is 9.77. The van der Waals surface area contributed by atoms with Gasteiger partial charge in [0.15, 0.2) is 0 Å². The van der Waals surface area contributed by atoms with Gasteiger partial charge in [-0.25, -0.2) is 0 Å². The van der Waals surface area contributed by atoms with E-state index in [1.807, 2.05) is 58.7 Å². The molecule has 0 unspecified atom stereocenters. The van der Waals surface area contributed by atoms with Gasteiger partial charge in [-0.1, -0.05) is 18.2 Å². The van der Waals surface area contributed by atoms with Gasteiger partial charge in [0.1, 0.15) is 18.4 Å². The number of amides is 1. The van der Waals surface area contributed by atoms with Crippen molar-refractivity contribution in [1.29, 1.82) is 0 Å². The van der Waals surface area contributed by atoms with E-state index in [1.54, 1.807) is 11.0 Å². The Morgan fingerprint density at radius 1 is 1.14 bits per heavy atom. The van der Waals surface area contributed by atoms with Crippen LogP contribution in [0.25, 0.3) is 10.9 Å². The van der Waals surface area contributed by atoms with Crippen LogP contribution in [0.4, 0.5) is 0 Å². The molecule has 1 amide bonds. The molecule has 0 bridgehead atoms.